The molecule has 0 aliphatic carbocycles. The lowest BCUT2D eigenvalue weighted by Gasteiger charge is -2.21. The zero-order chi connectivity index (χ0) is 18.2. The van der Waals surface area contributed by atoms with E-state index in [1.54, 1.807) is 0 Å². The molecule has 0 saturated carbocycles. The second-order valence-corrected chi connectivity index (χ2v) is 7.52. The third-order valence-electron chi connectivity index (χ3n) is 5.93. The SMILES string of the molecule is O=C(OCc1ccccc1)N1CCc2c(n3c4c(cccc24)CCC3)CC1. The van der Waals surface area contributed by atoms with E-state index in [4.69, 9.17) is 4.74 Å². The molecular weight excluding hydrogens is 336 g/mol. The second-order valence-electron chi connectivity index (χ2n) is 7.52. The number of rotatable bonds is 2. The molecule has 0 saturated heterocycles. The van der Waals surface area contributed by atoms with Crippen molar-refractivity contribution < 1.29 is 9.53 Å². The molecule has 0 bridgehead atoms. The van der Waals surface area contributed by atoms with Gasteiger partial charge in [0.1, 0.15) is 6.61 Å². The van der Waals surface area contributed by atoms with E-state index in [1.807, 2.05) is 35.2 Å². The zero-order valence-electron chi connectivity index (χ0n) is 15.5. The zero-order valence-corrected chi connectivity index (χ0v) is 15.5. The van der Waals surface area contributed by atoms with Gasteiger partial charge in [-0.3, -0.25) is 0 Å². The molecule has 5 rings (SSSR count). The minimum atomic E-state index is -0.201. The standard InChI is InChI=1S/C23H24N2O2/c26-23(27-16-17-6-2-1-3-7-17)24-14-11-19-20-10-4-8-18-9-5-13-25(22(18)20)21(19)12-15-24/h1-4,6-8,10H,5,9,11-16H2. The maximum Gasteiger partial charge on any atom is 0.410 e. The Morgan fingerprint density at radius 1 is 0.926 bits per heavy atom. The highest BCUT2D eigenvalue weighted by Crippen LogP contribution is 2.34. The van der Waals surface area contributed by atoms with Gasteiger partial charge in [0.2, 0.25) is 0 Å². The maximum atomic E-state index is 12.6. The summed E-state index contributed by atoms with van der Waals surface area (Å²) in [5.41, 5.74) is 6.80. The van der Waals surface area contributed by atoms with E-state index in [2.05, 4.69) is 22.8 Å². The first-order valence-electron chi connectivity index (χ1n) is 9.89. The van der Waals surface area contributed by atoms with E-state index >= 15 is 0 Å². The minimum absolute atomic E-state index is 0.201. The van der Waals surface area contributed by atoms with Crippen LogP contribution < -0.4 is 0 Å². The highest BCUT2D eigenvalue weighted by molar-refractivity contribution is 5.89. The quantitative estimate of drug-likeness (QED) is 0.682. The van der Waals surface area contributed by atoms with Crippen LogP contribution in [0.1, 0.15) is 28.8 Å². The van der Waals surface area contributed by atoms with Gasteiger partial charge in [0.05, 0.1) is 5.52 Å². The Balaban J connectivity index is 1.35. The fourth-order valence-corrected chi connectivity index (χ4v) is 4.64. The number of fused-ring (bicyclic) bond motifs is 3. The summed E-state index contributed by atoms with van der Waals surface area (Å²) in [4.78, 5) is 14.4. The molecule has 2 aromatic carbocycles. The Labute approximate surface area is 159 Å². The Bertz CT molecular complexity index is 991. The smallest absolute Gasteiger partial charge is 0.410 e. The molecule has 0 N–H and O–H groups in total. The lowest BCUT2D eigenvalue weighted by molar-refractivity contribution is 0.0976. The average Bonchev–Trinajstić information content (AvgIpc) is 2.88. The number of carbonyl (C=O) groups excluding carboxylic acids is 1. The predicted molar refractivity (Wildman–Crippen MR) is 106 cm³/mol. The van der Waals surface area contributed by atoms with Crippen molar-refractivity contribution in [3.8, 4) is 0 Å². The first kappa shape index (κ1) is 16.4. The van der Waals surface area contributed by atoms with Crippen molar-refractivity contribution in [2.45, 2.75) is 38.8 Å². The van der Waals surface area contributed by atoms with Crippen LogP contribution in [-0.4, -0.2) is 28.6 Å². The van der Waals surface area contributed by atoms with Crippen LogP contribution >= 0.6 is 0 Å². The highest BCUT2D eigenvalue weighted by Gasteiger charge is 2.26. The summed E-state index contributed by atoms with van der Waals surface area (Å²) in [5.74, 6) is 0. The van der Waals surface area contributed by atoms with Crippen molar-refractivity contribution in [1.82, 2.24) is 9.47 Å². The van der Waals surface area contributed by atoms with Gasteiger partial charge in [-0.1, -0.05) is 48.5 Å². The van der Waals surface area contributed by atoms with Crippen molar-refractivity contribution in [2.75, 3.05) is 13.1 Å². The molecule has 2 aliphatic heterocycles. The Hall–Kier alpha value is -2.75. The molecule has 0 unspecified atom stereocenters. The van der Waals surface area contributed by atoms with Gasteiger partial charge in [-0.05, 0) is 36.0 Å². The molecule has 2 aliphatic rings. The van der Waals surface area contributed by atoms with Gasteiger partial charge in [-0.15, -0.1) is 0 Å². The number of nitrogens with zero attached hydrogens (tertiary/aromatic N) is 2. The van der Waals surface area contributed by atoms with Gasteiger partial charge in [0.25, 0.3) is 0 Å². The van der Waals surface area contributed by atoms with E-state index in [0.717, 1.165) is 38.0 Å². The molecule has 4 nitrogen and oxygen atoms in total. The number of para-hydroxylation sites is 1. The summed E-state index contributed by atoms with van der Waals surface area (Å²) in [6.07, 6.45) is 3.99. The van der Waals surface area contributed by atoms with Crippen LogP contribution in [0.3, 0.4) is 0 Å². The van der Waals surface area contributed by atoms with Gasteiger partial charge in [-0.25, -0.2) is 4.79 Å². The number of aromatic nitrogens is 1. The molecule has 0 radical (unpaired) electrons. The average molecular weight is 360 g/mol. The predicted octanol–water partition coefficient (Wildman–Crippen LogP) is 4.32. The summed E-state index contributed by atoms with van der Waals surface area (Å²) < 4.78 is 8.07. The van der Waals surface area contributed by atoms with Crippen molar-refractivity contribution in [3.05, 3.63) is 70.9 Å². The molecule has 138 valence electrons. The molecular formula is C23H24N2O2. The Kier molecular flexibility index (Phi) is 4.12. The Morgan fingerprint density at radius 3 is 2.67 bits per heavy atom. The third kappa shape index (κ3) is 2.89. The number of benzene rings is 2. The van der Waals surface area contributed by atoms with Crippen molar-refractivity contribution >= 4 is 17.0 Å². The normalized spacial score (nSPS) is 16.1. The number of aryl methyl sites for hydroxylation is 2. The molecule has 3 heterocycles. The van der Waals surface area contributed by atoms with E-state index in [0.29, 0.717) is 6.61 Å². The van der Waals surface area contributed by atoms with Crippen LogP contribution in [0.2, 0.25) is 0 Å². The van der Waals surface area contributed by atoms with Crippen molar-refractivity contribution in [2.24, 2.45) is 0 Å². The molecule has 0 spiro atoms. The van der Waals surface area contributed by atoms with Crippen LogP contribution in [-0.2, 0) is 37.2 Å². The van der Waals surface area contributed by atoms with Crippen molar-refractivity contribution in [1.29, 1.82) is 0 Å². The van der Waals surface area contributed by atoms with Gasteiger partial charge in [0.15, 0.2) is 0 Å². The first-order chi connectivity index (χ1) is 13.3. The van der Waals surface area contributed by atoms with Gasteiger partial charge >= 0.3 is 6.09 Å². The monoisotopic (exact) mass is 360 g/mol. The van der Waals surface area contributed by atoms with Crippen LogP contribution in [0.5, 0.6) is 0 Å². The molecule has 4 heteroatoms. The molecule has 27 heavy (non-hydrogen) atoms. The summed E-state index contributed by atoms with van der Waals surface area (Å²) in [6, 6.07) is 16.6. The molecule has 1 aromatic heterocycles. The van der Waals surface area contributed by atoms with E-state index in [-0.39, 0.29) is 6.09 Å². The van der Waals surface area contributed by atoms with Crippen molar-refractivity contribution in [3.63, 3.8) is 0 Å². The Morgan fingerprint density at radius 2 is 1.78 bits per heavy atom. The fourth-order valence-electron chi connectivity index (χ4n) is 4.64. The number of ether oxygens (including phenoxy) is 1. The van der Waals surface area contributed by atoms with Gasteiger partial charge in [-0.2, -0.15) is 0 Å². The fraction of sp³-hybridized carbons (Fsp3) is 0.348. The van der Waals surface area contributed by atoms with Crippen LogP contribution in [0.4, 0.5) is 4.79 Å². The largest absolute Gasteiger partial charge is 0.445 e. The number of amides is 1. The second kappa shape index (κ2) is 6.76. The summed E-state index contributed by atoms with van der Waals surface area (Å²) in [6.45, 7) is 2.89. The molecule has 0 atom stereocenters. The number of hydrogen-bond acceptors (Lipinski definition) is 2. The topological polar surface area (TPSA) is 34.5 Å². The van der Waals surface area contributed by atoms with Crippen LogP contribution in [0.15, 0.2) is 48.5 Å². The van der Waals surface area contributed by atoms with Gasteiger partial charge < -0.3 is 14.2 Å². The summed E-state index contributed by atoms with van der Waals surface area (Å²) in [5, 5.41) is 1.39. The summed E-state index contributed by atoms with van der Waals surface area (Å²) >= 11 is 0. The highest BCUT2D eigenvalue weighted by atomic mass is 16.6. The van der Waals surface area contributed by atoms with Crippen LogP contribution in [0.25, 0.3) is 10.9 Å². The maximum absolute atomic E-state index is 12.6. The number of hydrogen-bond donors (Lipinski definition) is 0. The van der Waals surface area contributed by atoms with Crippen LogP contribution in [0, 0.1) is 0 Å². The minimum Gasteiger partial charge on any atom is -0.445 e. The molecule has 3 aromatic rings. The lowest BCUT2D eigenvalue weighted by atomic mass is 10.0. The first-order valence-corrected chi connectivity index (χ1v) is 9.89. The molecule has 0 fully saturated rings. The number of carbonyl (C=O) groups is 1. The van der Waals surface area contributed by atoms with E-state index < -0.39 is 0 Å². The lowest BCUT2D eigenvalue weighted by Crippen LogP contribution is -2.34. The van der Waals surface area contributed by atoms with E-state index in [1.165, 1.54) is 40.6 Å². The van der Waals surface area contributed by atoms with E-state index in [9.17, 15) is 4.79 Å². The van der Waals surface area contributed by atoms with Gasteiger partial charge in [0, 0.05) is 37.1 Å². The summed E-state index contributed by atoms with van der Waals surface area (Å²) in [7, 11) is 0. The third-order valence-corrected chi connectivity index (χ3v) is 5.93. The molecule has 1 amide bonds.